The van der Waals surface area contributed by atoms with Crippen LogP contribution in [0.1, 0.15) is 18.1 Å². The van der Waals surface area contributed by atoms with E-state index in [0.29, 0.717) is 0 Å². The molecular formula is C18H23N5. The van der Waals surface area contributed by atoms with E-state index in [1.165, 1.54) is 17.3 Å². The van der Waals surface area contributed by atoms with E-state index in [2.05, 4.69) is 34.3 Å². The van der Waals surface area contributed by atoms with Gasteiger partial charge in [0.25, 0.3) is 0 Å². The third kappa shape index (κ3) is 6.12. The summed E-state index contributed by atoms with van der Waals surface area (Å²) in [5, 5.41) is 0. The molecule has 5 nitrogen and oxygen atoms in total. The minimum absolute atomic E-state index is 0.0373. The van der Waals surface area contributed by atoms with Crippen LogP contribution < -0.4 is 17.2 Å². The van der Waals surface area contributed by atoms with Crippen LogP contribution in [-0.4, -0.2) is 24.6 Å². The fraction of sp³-hybridized carbons (Fsp3) is 0.222. The molecule has 23 heavy (non-hydrogen) atoms. The van der Waals surface area contributed by atoms with Crippen LogP contribution in [0, 0.1) is 0 Å². The maximum absolute atomic E-state index is 5.65. The van der Waals surface area contributed by atoms with Crippen molar-refractivity contribution in [2.45, 2.75) is 25.6 Å². The third-order valence-corrected chi connectivity index (χ3v) is 3.14. The average molecular weight is 309 g/mol. The van der Waals surface area contributed by atoms with Crippen LogP contribution in [0.15, 0.2) is 58.5 Å². The zero-order valence-corrected chi connectivity index (χ0v) is 13.3. The van der Waals surface area contributed by atoms with Crippen molar-refractivity contribution in [2.75, 3.05) is 0 Å². The normalized spacial score (nSPS) is 13.3. The summed E-state index contributed by atoms with van der Waals surface area (Å²) < 4.78 is 0. The van der Waals surface area contributed by atoms with Crippen molar-refractivity contribution in [2.24, 2.45) is 27.2 Å². The molecule has 5 heteroatoms. The Balaban J connectivity index is 1.99. The summed E-state index contributed by atoms with van der Waals surface area (Å²) in [4.78, 5) is 8.51. The maximum atomic E-state index is 5.65. The Bertz CT molecular complexity index is 595. The van der Waals surface area contributed by atoms with Gasteiger partial charge in [-0.3, -0.25) is 9.98 Å². The van der Waals surface area contributed by atoms with Gasteiger partial charge in [0.1, 0.15) is 0 Å². The monoisotopic (exact) mass is 309 g/mol. The zero-order chi connectivity index (χ0) is 16.7. The number of aliphatic imine (C=N–C) groups is 2. The van der Waals surface area contributed by atoms with Gasteiger partial charge in [-0.15, -0.1) is 0 Å². The van der Waals surface area contributed by atoms with E-state index in [1.54, 1.807) is 6.21 Å². The number of nitrogens with two attached hydrogens (primary N) is 3. The maximum Gasteiger partial charge on any atom is 0.0889 e. The smallest absolute Gasteiger partial charge is 0.0889 e. The zero-order valence-electron chi connectivity index (χ0n) is 13.3. The second kappa shape index (κ2) is 8.33. The molecule has 2 aromatic rings. The summed E-state index contributed by atoms with van der Waals surface area (Å²) >= 11 is 0. The summed E-state index contributed by atoms with van der Waals surface area (Å²) in [5.41, 5.74) is 20.7. The van der Waals surface area contributed by atoms with Gasteiger partial charge in [-0.2, -0.15) is 0 Å². The molecular weight excluding hydrogens is 286 g/mol. The lowest BCUT2D eigenvalue weighted by Gasteiger charge is -2.04. The van der Waals surface area contributed by atoms with Gasteiger partial charge in [-0.1, -0.05) is 24.3 Å². The summed E-state index contributed by atoms with van der Waals surface area (Å²) in [6.45, 7) is 1.90. The van der Waals surface area contributed by atoms with Crippen molar-refractivity contribution < 1.29 is 0 Å². The van der Waals surface area contributed by atoms with Crippen molar-refractivity contribution in [1.82, 2.24) is 0 Å². The van der Waals surface area contributed by atoms with Gasteiger partial charge in [0, 0.05) is 18.5 Å². The van der Waals surface area contributed by atoms with E-state index in [9.17, 15) is 0 Å². The van der Waals surface area contributed by atoms with E-state index in [0.717, 1.165) is 17.8 Å². The van der Waals surface area contributed by atoms with Gasteiger partial charge in [-0.05, 0) is 48.7 Å². The number of benzene rings is 2. The van der Waals surface area contributed by atoms with Crippen LogP contribution in [0.5, 0.6) is 0 Å². The van der Waals surface area contributed by atoms with Crippen LogP contribution in [0.3, 0.4) is 0 Å². The summed E-state index contributed by atoms with van der Waals surface area (Å²) in [5.74, 6) is 0. The topological polar surface area (TPSA) is 103 Å². The van der Waals surface area contributed by atoms with Crippen molar-refractivity contribution in [3.63, 3.8) is 0 Å². The average Bonchev–Trinajstić information content (AvgIpc) is 2.53. The van der Waals surface area contributed by atoms with Crippen LogP contribution in [-0.2, 0) is 6.42 Å². The van der Waals surface area contributed by atoms with Crippen LogP contribution >= 0.6 is 0 Å². The predicted octanol–water partition coefficient (Wildman–Crippen LogP) is 2.27. The van der Waals surface area contributed by atoms with E-state index in [4.69, 9.17) is 17.2 Å². The molecule has 6 N–H and O–H groups in total. The molecule has 0 unspecified atom stereocenters. The Hall–Kier alpha value is -2.34. The van der Waals surface area contributed by atoms with E-state index < -0.39 is 6.17 Å². The van der Waals surface area contributed by atoms with E-state index in [-0.39, 0.29) is 6.04 Å². The van der Waals surface area contributed by atoms with Gasteiger partial charge < -0.3 is 17.2 Å². The largest absolute Gasteiger partial charge is 0.323 e. The molecule has 0 bridgehead atoms. The van der Waals surface area contributed by atoms with Gasteiger partial charge in [0.15, 0.2) is 0 Å². The highest BCUT2D eigenvalue weighted by Gasteiger charge is 1.98. The van der Waals surface area contributed by atoms with Crippen molar-refractivity contribution >= 4 is 23.8 Å². The van der Waals surface area contributed by atoms with E-state index >= 15 is 0 Å². The molecule has 120 valence electrons. The van der Waals surface area contributed by atoms with E-state index in [1.807, 2.05) is 31.2 Å². The summed E-state index contributed by atoms with van der Waals surface area (Å²) in [7, 11) is 0. The first kappa shape index (κ1) is 17.0. The fourth-order valence-corrected chi connectivity index (χ4v) is 2.01. The molecule has 0 spiro atoms. The van der Waals surface area contributed by atoms with Gasteiger partial charge >= 0.3 is 0 Å². The van der Waals surface area contributed by atoms with Crippen molar-refractivity contribution in [1.29, 1.82) is 0 Å². The molecule has 0 aliphatic rings. The molecule has 0 radical (unpaired) electrons. The first-order valence-corrected chi connectivity index (χ1v) is 7.56. The molecule has 0 fully saturated rings. The molecule has 0 aliphatic heterocycles. The lowest BCUT2D eigenvalue weighted by Crippen LogP contribution is -2.31. The summed E-state index contributed by atoms with van der Waals surface area (Å²) in [6, 6.07) is 16.1. The Kier molecular flexibility index (Phi) is 6.17. The Morgan fingerprint density at radius 2 is 1.22 bits per heavy atom. The minimum atomic E-state index is -0.530. The minimum Gasteiger partial charge on any atom is -0.323 e. The number of hydrogen-bond acceptors (Lipinski definition) is 5. The number of nitrogens with zero attached hydrogens (tertiary/aromatic N) is 2. The van der Waals surface area contributed by atoms with Crippen LogP contribution in [0.2, 0.25) is 0 Å². The third-order valence-electron chi connectivity index (χ3n) is 3.14. The lowest BCUT2D eigenvalue weighted by molar-refractivity contribution is 0.941. The second-order valence-electron chi connectivity index (χ2n) is 5.50. The van der Waals surface area contributed by atoms with Crippen LogP contribution in [0.4, 0.5) is 11.4 Å². The van der Waals surface area contributed by atoms with Gasteiger partial charge in [-0.25, -0.2) is 0 Å². The molecule has 0 saturated carbocycles. The highest BCUT2D eigenvalue weighted by atomic mass is 14.9. The molecule has 0 amide bonds. The Labute approximate surface area is 136 Å². The predicted molar refractivity (Wildman–Crippen MR) is 97.8 cm³/mol. The first-order valence-electron chi connectivity index (χ1n) is 7.56. The highest BCUT2D eigenvalue weighted by molar-refractivity contribution is 5.68. The fourth-order valence-electron chi connectivity index (χ4n) is 2.01. The van der Waals surface area contributed by atoms with Gasteiger partial charge in [0.05, 0.1) is 17.5 Å². The summed E-state index contributed by atoms with van der Waals surface area (Å²) in [6.07, 6.45) is 3.59. The SMILES string of the molecule is C[C@@H](N)C=Nc1ccc(Cc2ccc(N=CC(N)N)cc2)cc1. The highest BCUT2D eigenvalue weighted by Crippen LogP contribution is 2.18. The Morgan fingerprint density at radius 1 is 0.783 bits per heavy atom. The van der Waals surface area contributed by atoms with Crippen LogP contribution in [0.25, 0.3) is 0 Å². The lowest BCUT2D eigenvalue weighted by atomic mass is 10.0. The standard InChI is InChI=1S/C18H23N5/c1-13(19)11-22-16-6-2-14(3-7-16)10-15-4-8-17(9-5-15)23-12-18(20)21/h2-9,11-13,18H,10,19-21H2,1H3/t13-/m1/s1. The second-order valence-corrected chi connectivity index (χ2v) is 5.50. The van der Waals surface area contributed by atoms with Crippen molar-refractivity contribution in [3.8, 4) is 0 Å². The molecule has 1 atom stereocenters. The first-order chi connectivity index (χ1) is 11.0. The van der Waals surface area contributed by atoms with Gasteiger partial charge in [0.2, 0.25) is 0 Å². The Morgan fingerprint density at radius 3 is 1.61 bits per heavy atom. The quantitative estimate of drug-likeness (QED) is 0.563. The molecule has 0 saturated heterocycles. The molecule has 0 aliphatic carbocycles. The number of hydrogen-bond donors (Lipinski definition) is 3. The molecule has 2 rings (SSSR count). The molecule has 0 heterocycles. The van der Waals surface area contributed by atoms with Crippen molar-refractivity contribution in [3.05, 3.63) is 59.7 Å². The molecule has 0 aromatic heterocycles. The number of rotatable bonds is 6. The molecule has 2 aromatic carbocycles.